The van der Waals surface area contributed by atoms with E-state index in [-0.39, 0.29) is 23.8 Å². The van der Waals surface area contributed by atoms with Crippen molar-refractivity contribution in [2.24, 2.45) is 13.0 Å². The predicted octanol–water partition coefficient (Wildman–Crippen LogP) is 2.96. The summed E-state index contributed by atoms with van der Waals surface area (Å²) >= 11 is 0. The molecule has 2 amide bonds. The fourth-order valence-corrected chi connectivity index (χ4v) is 4.16. The Hall–Kier alpha value is -2.37. The van der Waals surface area contributed by atoms with Crippen molar-refractivity contribution in [2.45, 2.75) is 58.5 Å². The largest absolute Gasteiger partial charge is 0.344 e. The third-order valence-electron chi connectivity index (χ3n) is 5.69. The molecule has 2 aromatic rings. The maximum atomic E-state index is 12.9. The first-order chi connectivity index (χ1) is 12.8. The van der Waals surface area contributed by atoms with Crippen LogP contribution >= 0.6 is 0 Å². The standard InChI is InChI=1S/C21H30N4O2/c1-6-15(7-2)25-13-14(12-18(25)26)19(27)23-21(3,4)20-22-16-10-8-9-11-17(16)24(20)5/h8-11,14-15H,6-7,12-13H2,1-5H3,(H,23,27). The highest BCUT2D eigenvalue weighted by Crippen LogP contribution is 2.27. The molecule has 6 nitrogen and oxygen atoms in total. The summed E-state index contributed by atoms with van der Waals surface area (Å²) in [5.41, 5.74) is 1.31. The zero-order valence-electron chi connectivity index (χ0n) is 17.0. The molecule has 0 radical (unpaired) electrons. The van der Waals surface area contributed by atoms with Crippen LogP contribution in [0.5, 0.6) is 0 Å². The fraction of sp³-hybridized carbons (Fsp3) is 0.571. The van der Waals surface area contributed by atoms with E-state index in [1.165, 1.54) is 0 Å². The molecule has 27 heavy (non-hydrogen) atoms. The maximum Gasteiger partial charge on any atom is 0.226 e. The molecule has 1 aromatic carbocycles. The Kier molecular flexibility index (Phi) is 5.27. The first-order valence-corrected chi connectivity index (χ1v) is 9.81. The molecule has 0 bridgehead atoms. The van der Waals surface area contributed by atoms with Crippen molar-refractivity contribution in [3.05, 3.63) is 30.1 Å². The van der Waals surface area contributed by atoms with Crippen LogP contribution in [0.25, 0.3) is 11.0 Å². The van der Waals surface area contributed by atoms with Gasteiger partial charge in [-0.05, 0) is 38.8 Å². The van der Waals surface area contributed by atoms with Gasteiger partial charge < -0.3 is 14.8 Å². The Bertz CT molecular complexity index is 851. The number of aromatic nitrogens is 2. The van der Waals surface area contributed by atoms with Crippen LogP contribution in [0, 0.1) is 5.92 Å². The summed E-state index contributed by atoms with van der Waals surface area (Å²) in [5, 5.41) is 3.13. The average molecular weight is 370 g/mol. The summed E-state index contributed by atoms with van der Waals surface area (Å²) in [4.78, 5) is 31.9. The van der Waals surface area contributed by atoms with Gasteiger partial charge in [0.25, 0.3) is 0 Å². The van der Waals surface area contributed by atoms with Crippen LogP contribution in [0.1, 0.15) is 52.8 Å². The molecule has 0 aliphatic carbocycles. The molecule has 1 aliphatic heterocycles. The van der Waals surface area contributed by atoms with Crippen LogP contribution < -0.4 is 5.32 Å². The summed E-state index contributed by atoms with van der Waals surface area (Å²) in [7, 11) is 1.96. The van der Waals surface area contributed by atoms with Gasteiger partial charge in [-0.25, -0.2) is 4.98 Å². The van der Waals surface area contributed by atoms with Crippen LogP contribution in [0.4, 0.5) is 0 Å². The zero-order chi connectivity index (χ0) is 19.8. The fourth-order valence-electron chi connectivity index (χ4n) is 4.16. The molecule has 3 rings (SSSR count). The van der Waals surface area contributed by atoms with Crippen molar-refractivity contribution >= 4 is 22.8 Å². The highest BCUT2D eigenvalue weighted by Gasteiger charge is 2.39. The molecule has 2 heterocycles. The second-order valence-electron chi connectivity index (χ2n) is 8.01. The molecule has 6 heteroatoms. The molecular weight excluding hydrogens is 340 g/mol. The minimum absolute atomic E-state index is 0.0751. The van der Waals surface area contributed by atoms with Gasteiger partial charge in [0.15, 0.2) is 0 Å². The second-order valence-corrected chi connectivity index (χ2v) is 8.01. The van der Waals surface area contributed by atoms with E-state index in [4.69, 9.17) is 4.98 Å². The minimum atomic E-state index is -0.629. The molecule has 0 spiro atoms. The van der Waals surface area contributed by atoms with E-state index >= 15 is 0 Å². The second kappa shape index (κ2) is 7.33. The number of hydrogen-bond donors (Lipinski definition) is 1. The SMILES string of the molecule is CCC(CC)N1CC(C(=O)NC(C)(C)c2nc3ccccc3n2C)CC1=O. The third kappa shape index (κ3) is 3.57. The van der Waals surface area contributed by atoms with E-state index in [0.29, 0.717) is 13.0 Å². The van der Waals surface area contributed by atoms with Gasteiger partial charge in [-0.1, -0.05) is 26.0 Å². The molecule has 1 unspecified atom stereocenters. The third-order valence-corrected chi connectivity index (χ3v) is 5.69. The van der Waals surface area contributed by atoms with Crippen LogP contribution in [0.3, 0.4) is 0 Å². The lowest BCUT2D eigenvalue weighted by Gasteiger charge is -2.28. The predicted molar refractivity (Wildman–Crippen MR) is 106 cm³/mol. The summed E-state index contributed by atoms with van der Waals surface area (Å²) in [5.74, 6) is 0.517. The molecule has 1 atom stereocenters. The van der Waals surface area contributed by atoms with E-state index in [9.17, 15) is 9.59 Å². The van der Waals surface area contributed by atoms with Crippen LogP contribution in [-0.4, -0.2) is 38.9 Å². The van der Waals surface area contributed by atoms with Crippen molar-refractivity contribution in [3.8, 4) is 0 Å². The Morgan fingerprint density at radius 2 is 1.96 bits per heavy atom. The van der Waals surface area contributed by atoms with Gasteiger partial charge in [0.05, 0.1) is 22.5 Å². The summed E-state index contributed by atoms with van der Waals surface area (Å²) in [6, 6.07) is 8.16. The van der Waals surface area contributed by atoms with Gasteiger partial charge in [-0.3, -0.25) is 9.59 Å². The number of carbonyl (C=O) groups excluding carboxylic acids is 2. The van der Waals surface area contributed by atoms with Gasteiger partial charge in [-0.2, -0.15) is 0 Å². The normalized spacial score (nSPS) is 17.9. The number of carbonyl (C=O) groups is 2. The highest BCUT2D eigenvalue weighted by atomic mass is 16.2. The highest BCUT2D eigenvalue weighted by molar-refractivity contribution is 5.89. The topological polar surface area (TPSA) is 67.2 Å². The molecule has 1 aliphatic rings. The van der Waals surface area contributed by atoms with Gasteiger partial charge >= 0.3 is 0 Å². The Balaban J connectivity index is 1.76. The quantitative estimate of drug-likeness (QED) is 0.850. The number of nitrogens with zero attached hydrogens (tertiary/aromatic N) is 3. The summed E-state index contributed by atoms with van der Waals surface area (Å²) < 4.78 is 2.02. The van der Waals surface area contributed by atoms with Gasteiger partial charge in [0, 0.05) is 26.1 Å². The molecular formula is C21H30N4O2. The monoisotopic (exact) mass is 370 g/mol. The van der Waals surface area contributed by atoms with Gasteiger partial charge in [0.1, 0.15) is 5.82 Å². The summed E-state index contributed by atoms with van der Waals surface area (Å²) in [6.07, 6.45) is 2.13. The van der Waals surface area contributed by atoms with E-state index in [1.807, 2.05) is 54.6 Å². The van der Waals surface area contributed by atoms with Crippen molar-refractivity contribution in [1.82, 2.24) is 19.8 Å². The zero-order valence-corrected chi connectivity index (χ0v) is 17.0. The van der Waals surface area contributed by atoms with Crippen LogP contribution in [-0.2, 0) is 22.2 Å². The van der Waals surface area contributed by atoms with Crippen molar-refractivity contribution in [1.29, 1.82) is 0 Å². The lowest BCUT2D eigenvalue weighted by Crippen LogP contribution is -2.46. The first kappa shape index (κ1) is 19.4. The molecule has 1 fully saturated rings. The number of hydrogen-bond acceptors (Lipinski definition) is 3. The van der Waals surface area contributed by atoms with Crippen LogP contribution in [0.15, 0.2) is 24.3 Å². The number of amides is 2. The molecule has 146 valence electrons. The van der Waals surface area contributed by atoms with E-state index < -0.39 is 5.54 Å². The minimum Gasteiger partial charge on any atom is -0.344 e. The molecule has 1 saturated heterocycles. The Morgan fingerprint density at radius 1 is 1.30 bits per heavy atom. The first-order valence-electron chi connectivity index (χ1n) is 9.81. The number of para-hydroxylation sites is 2. The maximum absolute atomic E-state index is 12.9. The Labute approximate surface area is 160 Å². The number of likely N-dealkylation sites (tertiary alicyclic amines) is 1. The van der Waals surface area contributed by atoms with Crippen LogP contribution in [0.2, 0.25) is 0 Å². The van der Waals surface area contributed by atoms with E-state index in [1.54, 1.807) is 0 Å². The number of aryl methyl sites for hydroxylation is 1. The lowest BCUT2D eigenvalue weighted by molar-refractivity contribution is -0.130. The van der Waals surface area contributed by atoms with Gasteiger partial charge in [-0.15, -0.1) is 0 Å². The average Bonchev–Trinajstić information content (AvgIpc) is 3.18. The molecule has 1 N–H and O–H groups in total. The number of fused-ring (bicyclic) bond motifs is 1. The van der Waals surface area contributed by atoms with Crippen molar-refractivity contribution in [2.75, 3.05) is 6.54 Å². The van der Waals surface area contributed by atoms with Crippen molar-refractivity contribution < 1.29 is 9.59 Å². The molecule has 1 aromatic heterocycles. The summed E-state index contributed by atoms with van der Waals surface area (Å²) in [6.45, 7) is 8.60. The van der Waals surface area contributed by atoms with E-state index in [0.717, 1.165) is 29.7 Å². The van der Waals surface area contributed by atoms with E-state index in [2.05, 4.69) is 19.2 Å². The number of nitrogens with one attached hydrogen (secondary N) is 1. The number of benzene rings is 1. The lowest BCUT2D eigenvalue weighted by atomic mass is 10.0. The number of rotatable bonds is 6. The van der Waals surface area contributed by atoms with Gasteiger partial charge in [0.2, 0.25) is 11.8 Å². The molecule has 0 saturated carbocycles. The number of imidazole rings is 1. The smallest absolute Gasteiger partial charge is 0.226 e. The Morgan fingerprint density at radius 3 is 2.59 bits per heavy atom. The van der Waals surface area contributed by atoms with Crippen molar-refractivity contribution in [3.63, 3.8) is 0 Å².